The van der Waals surface area contributed by atoms with Crippen molar-refractivity contribution in [2.24, 2.45) is 0 Å². The zero-order valence-electron chi connectivity index (χ0n) is 10.3. The van der Waals surface area contributed by atoms with Crippen molar-refractivity contribution in [2.45, 2.75) is 25.8 Å². The van der Waals surface area contributed by atoms with Gasteiger partial charge in [-0.15, -0.1) is 0 Å². The molecule has 1 aromatic carbocycles. The highest BCUT2D eigenvalue weighted by atomic mass is 16.4. The minimum absolute atomic E-state index is 0.362. The van der Waals surface area contributed by atoms with Gasteiger partial charge in [0.05, 0.1) is 0 Å². The molecule has 18 heavy (non-hydrogen) atoms. The van der Waals surface area contributed by atoms with Gasteiger partial charge in [-0.25, -0.2) is 4.79 Å². The summed E-state index contributed by atoms with van der Waals surface area (Å²) in [6.07, 6.45) is 2.15. The van der Waals surface area contributed by atoms with Crippen molar-refractivity contribution < 1.29 is 9.90 Å². The minimum Gasteiger partial charge on any atom is -0.477 e. The van der Waals surface area contributed by atoms with Crippen LogP contribution in [0.4, 0.5) is 0 Å². The van der Waals surface area contributed by atoms with Gasteiger partial charge in [-0.3, -0.25) is 0 Å². The molecule has 2 aromatic rings. The third-order valence-electron chi connectivity index (χ3n) is 3.47. The van der Waals surface area contributed by atoms with Gasteiger partial charge < -0.3 is 9.67 Å². The van der Waals surface area contributed by atoms with Crippen LogP contribution in [0.15, 0.2) is 36.4 Å². The molecular weight excluding hydrogens is 226 g/mol. The highest BCUT2D eigenvalue weighted by molar-refractivity contribution is 5.88. The number of hydrogen-bond donors (Lipinski definition) is 1. The monoisotopic (exact) mass is 241 g/mol. The second-order valence-corrected chi connectivity index (χ2v) is 4.83. The number of aryl methyl sites for hydroxylation is 1. The Balaban J connectivity index is 2.18. The van der Waals surface area contributed by atoms with E-state index in [-0.39, 0.29) is 0 Å². The van der Waals surface area contributed by atoms with Crippen LogP contribution in [0.5, 0.6) is 0 Å². The SMILES string of the molecule is Cc1ccccc1-c1ccc(C(=O)O)n1C1CC1. The van der Waals surface area contributed by atoms with Crippen LogP contribution in [0, 0.1) is 6.92 Å². The number of rotatable bonds is 3. The van der Waals surface area contributed by atoms with Crippen molar-refractivity contribution in [3.05, 3.63) is 47.7 Å². The Bertz CT molecular complexity index is 609. The zero-order chi connectivity index (χ0) is 12.7. The number of carbonyl (C=O) groups is 1. The van der Waals surface area contributed by atoms with E-state index in [9.17, 15) is 9.90 Å². The number of carboxylic acids is 1. The first-order chi connectivity index (χ1) is 8.68. The lowest BCUT2D eigenvalue weighted by atomic mass is 10.1. The molecular formula is C15H15NO2. The highest BCUT2D eigenvalue weighted by Crippen LogP contribution is 2.40. The van der Waals surface area contributed by atoms with E-state index in [0.29, 0.717) is 11.7 Å². The number of aromatic carboxylic acids is 1. The van der Waals surface area contributed by atoms with Crippen LogP contribution in [0.1, 0.15) is 34.9 Å². The molecule has 1 heterocycles. The molecule has 0 amide bonds. The van der Waals surface area contributed by atoms with Crippen LogP contribution in [0.2, 0.25) is 0 Å². The van der Waals surface area contributed by atoms with Crippen LogP contribution < -0.4 is 0 Å². The Morgan fingerprint density at radius 3 is 2.56 bits per heavy atom. The average molecular weight is 241 g/mol. The molecule has 1 saturated carbocycles. The van der Waals surface area contributed by atoms with E-state index in [0.717, 1.165) is 24.1 Å². The van der Waals surface area contributed by atoms with Crippen molar-refractivity contribution in [2.75, 3.05) is 0 Å². The van der Waals surface area contributed by atoms with Crippen LogP contribution in [0.3, 0.4) is 0 Å². The Morgan fingerprint density at radius 1 is 1.22 bits per heavy atom. The van der Waals surface area contributed by atoms with E-state index >= 15 is 0 Å². The Hall–Kier alpha value is -2.03. The molecule has 1 aromatic heterocycles. The Morgan fingerprint density at radius 2 is 1.94 bits per heavy atom. The molecule has 0 radical (unpaired) electrons. The molecule has 0 saturated heterocycles. The van der Waals surface area contributed by atoms with Crippen molar-refractivity contribution in [1.82, 2.24) is 4.57 Å². The molecule has 0 unspecified atom stereocenters. The summed E-state index contributed by atoms with van der Waals surface area (Å²) in [4.78, 5) is 11.3. The van der Waals surface area contributed by atoms with Gasteiger partial charge in [0.2, 0.25) is 0 Å². The molecule has 1 aliphatic carbocycles. The maximum absolute atomic E-state index is 11.3. The van der Waals surface area contributed by atoms with Gasteiger partial charge in [-0.05, 0) is 37.5 Å². The van der Waals surface area contributed by atoms with Gasteiger partial charge in [0, 0.05) is 17.3 Å². The van der Waals surface area contributed by atoms with Gasteiger partial charge in [0.1, 0.15) is 5.69 Å². The lowest BCUT2D eigenvalue weighted by Crippen LogP contribution is -2.08. The smallest absolute Gasteiger partial charge is 0.352 e. The maximum Gasteiger partial charge on any atom is 0.352 e. The van der Waals surface area contributed by atoms with Crippen LogP contribution in [0.25, 0.3) is 11.3 Å². The summed E-state index contributed by atoms with van der Waals surface area (Å²) < 4.78 is 1.98. The molecule has 92 valence electrons. The van der Waals surface area contributed by atoms with Crippen LogP contribution >= 0.6 is 0 Å². The maximum atomic E-state index is 11.3. The number of hydrogen-bond acceptors (Lipinski definition) is 1. The molecule has 3 rings (SSSR count). The van der Waals surface area contributed by atoms with E-state index in [1.165, 1.54) is 5.56 Å². The summed E-state index contributed by atoms with van der Waals surface area (Å²) in [5.41, 5.74) is 3.72. The lowest BCUT2D eigenvalue weighted by molar-refractivity contribution is 0.0685. The molecule has 0 atom stereocenters. The molecule has 3 heteroatoms. The summed E-state index contributed by atoms with van der Waals surface area (Å²) in [7, 11) is 0. The standard InChI is InChI=1S/C15H15NO2/c1-10-4-2-3-5-12(10)13-8-9-14(15(17)18)16(13)11-6-7-11/h2-5,8-9,11H,6-7H2,1H3,(H,17,18). The molecule has 1 fully saturated rings. The predicted octanol–water partition coefficient (Wildman–Crippen LogP) is 3.50. The Labute approximate surface area is 106 Å². The lowest BCUT2D eigenvalue weighted by Gasteiger charge is -2.12. The molecule has 0 aliphatic heterocycles. The molecule has 3 nitrogen and oxygen atoms in total. The van der Waals surface area contributed by atoms with E-state index in [1.807, 2.05) is 22.8 Å². The third kappa shape index (κ3) is 1.72. The molecule has 0 spiro atoms. The highest BCUT2D eigenvalue weighted by Gasteiger charge is 2.30. The number of aromatic nitrogens is 1. The van der Waals surface area contributed by atoms with Crippen LogP contribution in [-0.2, 0) is 0 Å². The van der Waals surface area contributed by atoms with Crippen molar-refractivity contribution in [1.29, 1.82) is 0 Å². The van der Waals surface area contributed by atoms with Gasteiger partial charge in [0.15, 0.2) is 0 Å². The van der Waals surface area contributed by atoms with Crippen molar-refractivity contribution in [3.63, 3.8) is 0 Å². The normalized spacial score (nSPS) is 14.7. The zero-order valence-corrected chi connectivity index (χ0v) is 10.3. The van der Waals surface area contributed by atoms with Gasteiger partial charge in [-0.1, -0.05) is 24.3 Å². The molecule has 1 aliphatic rings. The Kier molecular flexibility index (Phi) is 2.47. The van der Waals surface area contributed by atoms with E-state index in [4.69, 9.17) is 0 Å². The fourth-order valence-electron chi connectivity index (χ4n) is 2.43. The first-order valence-corrected chi connectivity index (χ1v) is 6.19. The van der Waals surface area contributed by atoms with Gasteiger partial charge in [-0.2, -0.15) is 0 Å². The first-order valence-electron chi connectivity index (χ1n) is 6.19. The number of nitrogens with zero attached hydrogens (tertiary/aromatic N) is 1. The third-order valence-corrected chi connectivity index (χ3v) is 3.47. The quantitative estimate of drug-likeness (QED) is 0.893. The second-order valence-electron chi connectivity index (χ2n) is 4.83. The van der Waals surface area contributed by atoms with Crippen molar-refractivity contribution >= 4 is 5.97 Å². The average Bonchev–Trinajstić information content (AvgIpc) is 3.09. The fourth-order valence-corrected chi connectivity index (χ4v) is 2.43. The van der Waals surface area contributed by atoms with E-state index in [2.05, 4.69) is 19.1 Å². The van der Waals surface area contributed by atoms with Crippen LogP contribution in [-0.4, -0.2) is 15.6 Å². The first kappa shape index (κ1) is 11.1. The fraction of sp³-hybridized carbons (Fsp3) is 0.267. The summed E-state index contributed by atoms with van der Waals surface area (Å²) in [6, 6.07) is 12.1. The number of carboxylic acid groups (broad SMARTS) is 1. The molecule has 1 N–H and O–H groups in total. The largest absolute Gasteiger partial charge is 0.477 e. The van der Waals surface area contributed by atoms with Gasteiger partial charge in [0.25, 0.3) is 0 Å². The minimum atomic E-state index is -0.846. The summed E-state index contributed by atoms with van der Waals surface area (Å²) >= 11 is 0. The van der Waals surface area contributed by atoms with Gasteiger partial charge >= 0.3 is 5.97 Å². The summed E-state index contributed by atoms with van der Waals surface area (Å²) in [6.45, 7) is 2.06. The van der Waals surface area contributed by atoms with Crippen molar-refractivity contribution in [3.8, 4) is 11.3 Å². The molecule has 0 bridgehead atoms. The van der Waals surface area contributed by atoms with E-state index in [1.54, 1.807) is 6.07 Å². The second kappa shape index (κ2) is 4.02. The summed E-state index contributed by atoms with van der Waals surface area (Å²) in [5, 5.41) is 9.25. The van der Waals surface area contributed by atoms with E-state index < -0.39 is 5.97 Å². The predicted molar refractivity (Wildman–Crippen MR) is 69.8 cm³/mol. The number of benzene rings is 1. The topological polar surface area (TPSA) is 42.2 Å². The summed E-state index contributed by atoms with van der Waals surface area (Å²) in [5.74, 6) is -0.846.